The topological polar surface area (TPSA) is 57.3 Å². The van der Waals surface area contributed by atoms with E-state index in [1.165, 1.54) is 4.88 Å². The van der Waals surface area contributed by atoms with E-state index >= 15 is 0 Å². The number of carbonyl (C=O) groups is 1. The summed E-state index contributed by atoms with van der Waals surface area (Å²) >= 11 is 1.68. The fraction of sp³-hybridized carbons (Fsp3) is 0.714. The van der Waals surface area contributed by atoms with E-state index in [0.29, 0.717) is 12.5 Å². The highest BCUT2D eigenvalue weighted by Gasteiger charge is 2.29. The Labute approximate surface area is 124 Å². The van der Waals surface area contributed by atoms with Gasteiger partial charge in [-0.15, -0.1) is 11.3 Å². The van der Waals surface area contributed by atoms with Gasteiger partial charge in [-0.2, -0.15) is 0 Å². The normalized spacial score (nSPS) is 19.5. The number of carbonyl (C=O) groups excluding carboxylic acids is 1. The molecular formula is C14H24N4OS. The molecule has 1 aromatic rings. The van der Waals surface area contributed by atoms with Gasteiger partial charge in [0, 0.05) is 30.7 Å². The average Bonchev–Trinajstić information content (AvgIpc) is 2.86. The van der Waals surface area contributed by atoms with Crippen LogP contribution in [-0.4, -0.2) is 36.6 Å². The van der Waals surface area contributed by atoms with Gasteiger partial charge in [-0.1, -0.05) is 20.8 Å². The lowest BCUT2D eigenvalue weighted by atomic mass is 10.1. The molecule has 0 aliphatic carbocycles. The summed E-state index contributed by atoms with van der Waals surface area (Å²) in [6, 6.07) is -0.0774. The summed E-state index contributed by atoms with van der Waals surface area (Å²) in [4.78, 5) is 19.7. The van der Waals surface area contributed by atoms with Crippen LogP contribution in [0.1, 0.15) is 32.1 Å². The molecule has 5 nitrogen and oxygen atoms in total. The Bertz CT molecular complexity index is 446. The van der Waals surface area contributed by atoms with Gasteiger partial charge in [0.05, 0.1) is 0 Å². The van der Waals surface area contributed by atoms with E-state index in [-0.39, 0.29) is 11.9 Å². The minimum absolute atomic E-state index is 0.0774. The Kier molecular flexibility index (Phi) is 5.37. The third kappa shape index (κ3) is 3.70. The van der Waals surface area contributed by atoms with Gasteiger partial charge in [-0.25, -0.2) is 4.98 Å². The van der Waals surface area contributed by atoms with Crippen molar-refractivity contribution >= 4 is 22.4 Å². The van der Waals surface area contributed by atoms with Gasteiger partial charge in [-0.3, -0.25) is 4.79 Å². The summed E-state index contributed by atoms with van der Waals surface area (Å²) in [5.74, 6) is 0.770. The van der Waals surface area contributed by atoms with E-state index in [9.17, 15) is 4.79 Å². The van der Waals surface area contributed by atoms with Crippen LogP contribution in [0.25, 0.3) is 0 Å². The molecule has 0 aromatic carbocycles. The second-order valence-corrected chi connectivity index (χ2v) is 6.64. The predicted molar refractivity (Wildman–Crippen MR) is 83.1 cm³/mol. The summed E-state index contributed by atoms with van der Waals surface area (Å²) in [6.45, 7) is 9.85. The molecule has 0 bridgehead atoms. The first-order chi connectivity index (χ1) is 9.61. The number of nitrogens with zero attached hydrogens (tertiary/aromatic N) is 2. The second kappa shape index (κ2) is 7.04. The molecule has 1 unspecified atom stereocenters. The molecule has 2 rings (SSSR count). The number of anilines is 1. The van der Waals surface area contributed by atoms with Crippen LogP contribution >= 0.6 is 11.3 Å². The van der Waals surface area contributed by atoms with Gasteiger partial charge < -0.3 is 15.5 Å². The molecule has 6 heteroatoms. The van der Waals surface area contributed by atoms with Crippen molar-refractivity contribution in [1.29, 1.82) is 0 Å². The highest BCUT2D eigenvalue weighted by molar-refractivity contribution is 7.15. The molecule has 1 aliphatic heterocycles. The summed E-state index contributed by atoms with van der Waals surface area (Å²) in [7, 11) is 0. The van der Waals surface area contributed by atoms with Crippen molar-refractivity contribution in [3.8, 4) is 0 Å². The Hall–Kier alpha value is -1.14. The third-order valence-electron chi connectivity index (χ3n) is 3.36. The fourth-order valence-electron chi connectivity index (χ4n) is 2.35. The summed E-state index contributed by atoms with van der Waals surface area (Å²) in [5, 5.41) is 7.31. The smallest absolute Gasteiger partial charge is 0.242 e. The molecule has 20 heavy (non-hydrogen) atoms. The minimum atomic E-state index is -0.0774. The van der Waals surface area contributed by atoms with E-state index in [4.69, 9.17) is 0 Å². The van der Waals surface area contributed by atoms with Gasteiger partial charge in [0.1, 0.15) is 6.04 Å². The number of nitrogens with one attached hydrogen (secondary N) is 2. The lowest BCUT2D eigenvalue weighted by Gasteiger charge is -2.34. The van der Waals surface area contributed by atoms with Crippen molar-refractivity contribution in [2.45, 2.75) is 39.8 Å². The number of aromatic nitrogens is 1. The molecule has 1 fully saturated rings. The summed E-state index contributed by atoms with van der Waals surface area (Å²) < 4.78 is 0. The van der Waals surface area contributed by atoms with Gasteiger partial charge >= 0.3 is 0 Å². The van der Waals surface area contributed by atoms with E-state index in [2.05, 4.69) is 34.4 Å². The van der Waals surface area contributed by atoms with E-state index in [0.717, 1.165) is 31.2 Å². The molecule has 1 aliphatic rings. The van der Waals surface area contributed by atoms with Gasteiger partial charge in [0.25, 0.3) is 0 Å². The third-order valence-corrected chi connectivity index (χ3v) is 4.39. The van der Waals surface area contributed by atoms with Crippen molar-refractivity contribution in [3.05, 3.63) is 11.1 Å². The molecule has 0 radical (unpaired) electrons. The van der Waals surface area contributed by atoms with Crippen LogP contribution in [0.15, 0.2) is 6.20 Å². The molecule has 1 aromatic heterocycles. The molecular weight excluding hydrogens is 272 g/mol. The molecule has 2 N–H and O–H groups in total. The number of hydrogen-bond donors (Lipinski definition) is 2. The fourth-order valence-corrected chi connectivity index (χ4v) is 3.30. The lowest BCUT2D eigenvalue weighted by Crippen LogP contribution is -2.55. The quantitative estimate of drug-likeness (QED) is 0.837. The maximum absolute atomic E-state index is 11.9. The van der Waals surface area contributed by atoms with Gasteiger partial charge in [-0.05, 0) is 18.9 Å². The molecule has 0 spiro atoms. The van der Waals surface area contributed by atoms with Gasteiger partial charge in [0.2, 0.25) is 5.91 Å². The van der Waals surface area contributed by atoms with Crippen molar-refractivity contribution in [2.75, 3.05) is 24.5 Å². The predicted octanol–water partition coefficient (Wildman–Crippen LogP) is 1.60. The number of amides is 1. The zero-order valence-electron chi connectivity index (χ0n) is 12.5. The summed E-state index contributed by atoms with van der Waals surface area (Å²) in [5.41, 5.74) is 0. The number of hydrogen-bond acceptors (Lipinski definition) is 5. The molecule has 0 saturated carbocycles. The molecule has 1 atom stereocenters. The number of rotatable bonds is 6. The number of thiazole rings is 1. The van der Waals surface area contributed by atoms with E-state index < -0.39 is 0 Å². The highest BCUT2D eigenvalue weighted by atomic mass is 32.1. The number of piperazine rings is 1. The molecule has 1 amide bonds. The zero-order valence-corrected chi connectivity index (χ0v) is 13.3. The van der Waals surface area contributed by atoms with Crippen LogP contribution in [0.4, 0.5) is 5.13 Å². The first-order valence-electron chi connectivity index (χ1n) is 7.31. The summed E-state index contributed by atoms with van der Waals surface area (Å²) in [6.07, 6.45) is 2.74. The lowest BCUT2D eigenvalue weighted by molar-refractivity contribution is -0.123. The second-order valence-electron chi connectivity index (χ2n) is 5.54. The van der Waals surface area contributed by atoms with Crippen molar-refractivity contribution in [2.24, 2.45) is 5.92 Å². The minimum Gasteiger partial charge on any atom is -0.353 e. The van der Waals surface area contributed by atoms with E-state index in [1.807, 2.05) is 13.1 Å². The standard InChI is InChI=1S/C14H24N4OS/c1-4-12-13(19)16-5-6-18(12)14-17-9-11(20-14)8-15-7-10(2)3/h9-10,12,15H,4-8H2,1-3H3,(H,16,19). The van der Waals surface area contributed by atoms with Crippen LogP contribution < -0.4 is 15.5 Å². The highest BCUT2D eigenvalue weighted by Crippen LogP contribution is 2.26. The van der Waals surface area contributed by atoms with Crippen LogP contribution in [0.2, 0.25) is 0 Å². The Morgan fingerprint density at radius 2 is 2.40 bits per heavy atom. The monoisotopic (exact) mass is 296 g/mol. The zero-order chi connectivity index (χ0) is 14.5. The largest absolute Gasteiger partial charge is 0.353 e. The average molecular weight is 296 g/mol. The van der Waals surface area contributed by atoms with Crippen LogP contribution in [0.5, 0.6) is 0 Å². The van der Waals surface area contributed by atoms with Crippen LogP contribution in [0.3, 0.4) is 0 Å². The Morgan fingerprint density at radius 1 is 1.60 bits per heavy atom. The Morgan fingerprint density at radius 3 is 3.10 bits per heavy atom. The first-order valence-corrected chi connectivity index (χ1v) is 8.13. The van der Waals surface area contributed by atoms with Crippen LogP contribution in [-0.2, 0) is 11.3 Å². The molecule has 1 saturated heterocycles. The molecule has 112 valence electrons. The van der Waals surface area contributed by atoms with E-state index in [1.54, 1.807) is 11.3 Å². The SMILES string of the molecule is CCC1C(=O)NCCN1c1ncc(CNCC(C)C)s1. The van der Waals surface area contributed by atoms with Gasteiger partial charge in [0.15, 0.2) is 5.13 Å². The van der Waals surface area contributed by atoms with Crippen LogP contribution in [0, 0.1) is 5.92 Å². The van der Waals surface area contributed by atoms with Crippen molar-refractivity contribution in [3.63, 3.8) is 0 Å². The molecule has 2 heterocycles. The maximum Gasteiger partial charge on any atom is 0.242 e. The maximum atomic E-state index is 11.9. The first kappa shape index (κ1) is 15.3. The van der Waals surface area contributed by atoms with Crippen molar-refractivity contribution < 1.29 is 4.79 Å². The van der Waals surface area contributed by atoms with Crippen molar-refractivity contribution in [1.82, 2.24) is 15.6 Å². The Balaban J connectivity index is 1.98.